The van der Waals surface area contributed by atoms with Crippen LogP contribution in [0.5, 0.6) is 0 Å². The van der Waals surface area contributed by atoms with E-state index >= 15 is 0 Å². The van der Waals surface area contributed by atoms with E-state index in [1.807, 2.05) is 24.3 Å². The Morgan fingerprint density at radius 2 is 2.00 bits per heavy atom. The molecule has 2 amide bonds. The van der Waals surface area contributed by atoms with Gasteiger partial charge in [-0.05, 0) is 30.9 Å². The van der Waals surface area contributed by atoms with Gasteiger partial charge < -0.3 is 15.6 Å². The molecule has 0 aliphatic heterocycles. The molecule has 29 heavy (non-hydrogen) atoms. The van der Waals surface area contributed by atoms with Gasteiger partial charge in [-0.1, -0.05) is 26.0 Å². The van der Waals surface area contributed by atoms with E-state index in [1.165, 1.54) is 18.6 Å². The number of hydrogen-bond donors (Lipinski definition) is 3. The molecule has 0 fully saturated rings. The maximum atomic E-state index is 12.5. The largest absolute Gasteiger partial charge is 0.351 e. The van der Waals surface area contributed by atoms with E-state index in [2.05, 4.69) is 44.4 Å². The number of H-pyrrole nitrogens is 1. The highest BCUT2D eigenvalue weighted by atomic mass is 16.2. The molecule has 0 aliphatic rings. The number of carbonyl (C=O) groups is 2. The quantitative estimate of drug-likeness (QED) is 0.483. The molecule has 1 atom stereocenters. The van der Waals surface area contributed by atoms with Gasteiger partial charge in [-0.3, -0.25) is 14.6 Å². The van der Waals surface area contributed by atoms with E-state index in [1.54, 1.807) is 0 Å². The molecule has 3 N–H and O–H groups in total. The van der Waals surface area contributed by atoms with Crippen LogP contribution >= 0.6 is 0 Å². The standard InChI is InChI=1S/C21H26N6O2/c1-14(2)12-17(20-26-15-6-3-4-7-16(15)27-20)25-19(28)8-5-9-24-21(29)18-13-22-10-11-23-18/h3-4,6-7,10-11,13-14,17H,5,8-9,12H2,1-2H3,(H,24,29)(H,25,28)(H,26,27)/t17-/m1/s1. The van der Waals surface area contributed by atoms with Crippen molar-refractivity contribution in [2.75, 3.05) is 6.54 Å². The van der Waals surface area contributed by atoms with E-state index < -0.39 is 0 Å². The van der Waals surface area contributed by atoms with E-state index in [9.17, 15) is 9.59 Å². The van der Waals surface area contributed by atoms with Crippen molar-refractivity contribution in [3.8, 4) is 0 Å². The minimum atomic E-state index is -0.293. The number of nitrogens with zero attached hydrogens (tertiary/aromatic N) is 3. The first-order valence-electron chi connectivity index (χ1n) is 9.81. The Labute approximate surface area is 169 Å². The molecule has 0 radical (unpaired) electrons. The number of benzene rings is 1. The van der Waals surface area contributed by atoms with Crippen LogP contribution in [0.3, 0.4) is 0 Å². The molecule has 0 saturated carbocycles. The van der Waals surface area contributed by atoms with Gasteiger partial charge in [-0.15, -0.1) is 0 Å². The number of aromatic amines is 1. The molecule has 8 nitrogen and oxygen atoms in total. The van der Waals surface area contributed by atoms with Crippen LogP contribution in [0.25, 0.3) is 11.0 Å². The minimum absolute atomic E-state index is 0.0649. The maximum absolute atomic E-state index is 12.5. The zero-order valence-corrected chi connectivity index (χ0v) is 16.7. The summed E-state index contributed by atoms with van der Waals surface area (Å²) in [7, 11) is 0. The molecule has 0 bridgehead atoms. The van der Waals surface area contributed by atoms with Gasteiger partial charge in [0.25, 0.3) is 5.91 Å². The molecule has 152 valence electrons. The monoisotopic (exact) mass is 394 g/mol. The highest BCUT2D eigenvalue weighted by Gasteiger charge is 2.19. The highest BCUT2D eigenvalue weighted by Crippen LogP contribution is 2.22. The van der Waals surface area contributed by atoms with Gasteiger partial charge in [0.1, 0.15) is 11.5 Å². The smallest absolute Gasteiger partial charge is 0.271 e. The summed E-state index contributed by atoms with van der Waals surface area (Å²) < 4.78 is 0. The van der Waals surface area contributed by atoms with Crippen molar-refractivity contribution in [1.29, 1.82) is 0 Å². The maximum Gasteiger partial charge on any atom is 0.271 e. The van der Waals surface area contributed by atoms with E-state index in [0.717, 1.165) is 23.3 Å². The van der Waals surface area contributed by atoms with Crippen LogP contribution in [-0.4, -0.2) is 38.3 Å². The van der Waals surface area contributed by atoms with E-state index in [-0.39, 0.29) is 23.6 Å². The first kappa shape index (κ1) is 20.4. The van der Waals surface area contributed by atoms with Gasteiger partial charge in [0.2, 0.25) is 5.91 Å². The number of aromatic nitrogens is 4. The molecular weight excluding hydrogens is 368 g/mol. The van der Waals surface area contributed by atoms with Crippen molar-refractivity contribution < 1.29 is 9.59 Å². The van der Waals surface area contributed by atoms with E-state index in [4.69, 9.17) is 0 Å². The van der Waals surface area contributed by atoms with Crippen molar-refractivity contribution in [2.45, 2.75) is 39.2 Å². The van der Waals surface area contributed by atoms with Crippen molar-refractivity contribution in [3.05, 3.63) is 54.4 Å². The average molecular weight is 394 g/mol. The van der Waals surface area contributed by atoms with Crippen LogP contribution in [0.4, 0.5) is 0 Å². The second kappa shape index (κ2) is 9.77. The number of para-hydroxylation sites is 2. The SMILES string of the molecule is CC(C)C[C@@H](NC(=O)CCCNC(=O)c1cnccn1)c1nc2ccccc2[nH]1. The molecule has 0 unspecified atom stereocenters. The fraction of sp³-hybridized carbons (Fsp3) is 0.381. The number of hydrogen-bond acceptors (Lipinski definition) is 5. The lowest BCUT2D eigenvalue weighted by atomic mass is 10.0. The lowest BCUT2D eigenvalue weighted by Crippen LogP contribution is -2.31. The number of imidazole rings is 1. The summed E-state index contributed by atoms with van der Waals surface area (Å²) in [5, 5.41) is 5.83. The third-order valence-corrected chi connectivity index (χ3v) is 4.44. The topological polar surface area (TPSA) is 113 Å². The normalized spacial score (nSPS) is 12.1. The van der Waals surface area contributed by atoms with Gasteiger partial charge in [-0.25, -0.2) is 9.97 Å². The second-order valence-electron chi connectivity index (χ2n) is 7.34. The van der Waals surface area contributed by atoms with Crippen LogP contribution in [0, 0.1) is 5.92 Å². The summed E-state index contributed by atoms with van der Waals surface area (Å²) in [4.78, 5) is 40.1. The predicted molar refractivity (Wildman–Crippen MR) is 110 cm³/mol. The van der Waals surface area contributed by atoms with Gasteiger partial charge in [0.15, 0.2) is 0 Å². The Kier molecular flexibility index (Phi) is 6.89. The third kappa shape index (κ3) is 5.84. The lowest BCUT2D eigenvalue weighted by Gasteiger charge is -2.18. The van der Waals surface area contributed by atoms with Crippen LogP contribution in [0.15, 0.2) is 42.9 Å². The molecule has 3 aromatic rings. The first-order chi connectivity index (χ1) is 14.0. The van der Waals surface area contributed by atoms with Gasteiger partial charge in [0, 0.05) is 25.4 Å². The highest BCUT2D eigenvalue weighted by molar-refractivity contribution is 5.91. The summed E-state index contributed by atoms with van der Waals surface area (Å²) in [6.07, 6.45) is 6.02. The van der Waals surface area contributed by atoms with Crippen molar-refractivity contribution in [1.82, 2.24) is 30.6 Å². The fourth-order valence-electron chi connectivity index (χ4n) is 3.07. The van der Waals surface area contributed by atoms with Crippen LogP contribution < -0.4 is 10.6 Å². The Hall–Kier alpha value is -3.29. The van der Waals surface area contributed by atoms with Gasteiger partial charge in [-0.2, -0.15) is 0 Å². The lowest BCUT2D eigenvalue weighted by molar-refractivity contribution is -0.122. The summed E-state index contributed by atoms with van der Waals surface area (Å²) in [5.74, 6) is 0.812. The van der Waals surface area contributed by atoms with Crippen LogP contribution in [-0.2, 0) is 4.79 Å². The Morgan fingerprint density at radius 1 is 1.17 bits per heavy atom. The van der Waals surface area contributed by atoms with E-state index in [0.29, 0.717) is 25.3 Å². The fourth-order valence-corrected chi connectivity index (χ4v) is 3.07. The number of carbonyl (C=O) groups excluding carboxylic acids is 2. The van der Waals surface area contributed by atoms with Crippen molar-refractivity contribution in [3.63, 3.8) is 0 Å². The summed E-state index contributed by atoms with van der Waals surface area (Å²) in [6, 6.07) is 7.64. The molecule has 8 heteroatoms. The van der Waals surface area contributed by atoms with Crippen molar-refractivity contribution >= 4 is 22.8 Å². The third-order valence-electron chi connectivity index (χ3n) is 4.44. The zero-order chi connectivity index (χ0) is 20.6. The predicted octanol–water partition coefficient (Wildman–Crippen LogP) is 2.77. The van der Waals surface area contributed by atoms with Crippen LogP contribution in [0.1, 0.15) is 55.5 Å². The molecular formula is C21H26N6O2. The molecule has 0 saturated heterocycles. The number of rotatable bonds is 9. The number of nitrogens with one attached hydrogen (secondary N) is 3. The first-order valence-corrected chi connectivity index (χ1v) is 9.81. The van der Waals surface area contributed by atoms with Gasteiger partial charge in [0.05, 0.1) is 23.3 Å². The molecule has 2 heterocycles. The molecule has 2 aromatic heterocycles. The molecule has 1 aromatic carbocycles. The summed E-state index contributed by atoms with van der Waals surface area (Å²) in [6.45, 7) is 4.62. The Morgan fingerprint density at radius 3 is 2.72 bits per heavy atom. The zero-order valence-electron chi connectivity index (χ0n) is 16.7. The molecule has 0 spiro atoms. The number of amides is 2. The Bertz CT molecular complexity index is 921. The summed E-state index contributed by atoms with van der Waals surface area (Å²) in [5.41, 5.74) is 2.10. The van der Waals surface area contributed by atoms with Crippen LogP contribution in [0.2, 0.25) is 0 Å². The average Bonchev–Trinajstić information content (AvgIpc) is 3.15. The van der Waals surface area contributed by atoms with Gasteiger partial charge >= 0.3 is 0 Å². The van der Waals surface area contributed by atoms with Crippen molar-refractivity contribution in [2.24, 2.45) is 5.92 Å². The minimum Gasteiger partial charge on any atom is -0.351 e. The summed E-state index contributed by atoms with van der Waals surface area (Å²) >= 11 is 0. The second-order valence-corrected chi connectivity index (χ2v) is 7.34. The molecule has 0 aliphatic carbocycles. The molecule has 3 rings (SSSR count). The number of fused-ring (bicyclic) bond motifs is 1. The Balaban J connectivity index is 1.51.